The van der Waals surface area contributed by atoms with E-state index >= 15 is 0 Å². The van der Waals surface area contributed by atoms with Crippen LogP contribution in [0.4, 0.5) is 5.69 Å². The van der Waals surface area contributed by atoms with Gasteiger partial charge >= 0.3 is 0 Å². The topological polar surface area (TPSA) is 70.7 Å². The monoisotopic (exact) mass is 345 g/mol. The minimum absolute atomic E-state index is 0.0298. The normalized spacial score (nSPS) is 24.0. The zero-order valence-corrected chi connectivity index (χ0v) is 14.8. The number of piperidine rings is 1. The Morgan fingerprint density at radius 2 is 1.80 bits per heavy atom. The van der Waals surface area contributed by atoms with Crippen molar-refractivity contribution >= 4 is 17.5 Å². The summed E-state index contributed by atoms with van der Waals surface area (Å²) in [6.07, 6.45) is 3.52. The fourth-order valence-corrected chi connectivity index (χ4v) is 3.54. The van der Waals surface area contributed by atoms with E-state index in [1.165, 1.54) is 19.3 Å². The van der Waals surface area contributed by atoms with E-state index in [0.717, 1.165) is 18.7 Å². The van der Waals surface area contributed by atoms with Crippen LogP contribution in [-0.2, 0) is 14.3 Å². The van der Waals surface area contributed by atoms with E-state index in [9.17, 15) is 9.59 Å². The molecule has 136 valence electrons. The molecule has 0 aromatic heterocycles. The maximum atomic E-state index is 12.2. The Balaban J connectivity index is 1.47. The summed E-state index contributed by atoms with van der Waals surface area (Å²) in [5.41, 5.74) is 1.83. The summed E-state index contributed by atoms with van der Waals surface area (Å²) in [7, 11) is 0. The SMILES string of the molecule is Cc1ccc(NC(=O)CC(=O)N[C@@H]2COC[C@H]2N2CCCCC2)cc1. The van der Waals surface area contributed by atoms with Gasteiger partial charge in [-0.1, -0.05) is 24.1 Å². The van der Waals surface area contributed by atoms with Crippen LogP contribution in [0.15, 0.2) is 24.3 Å². The second kappa shape index (κ2) is 8.45. The molecule has 1 aromatic rings. The Morgan fingerprint density at radius 1 is 1.08 bits per heavy atom. The number of anilines is 1. The lowest BCUT2D eigenvalue weighted by atomic mass is 10.0. The van der Waals surface area contributed by atoms with Crippen LogP contribution in [-0.4, -0.2) is 55.1 Å². The number of aryl methyl sites for hydroxylation is 1. The minimum Gasteiger partial charge on any atom is -0.378 e. The van der Waals surface area contributed by atoms with Gasteiger partial charge in [-0.3, -0.25) is 14.5 Å². The van der Waals surface area contributed by atoms with Gasteiger partial charge in [-0.05, 0) is 45.0 Å². The molecule has 0 saturated carbocycles. The molecule has 6 heteroatoms. The van der Waals surface area contributed by atoms with Gasteiger partial charge < -0.3 is 15.4 Å². The second-order valence-electron chi connectivity index (χ2n) is 6.97. The maximum Gasteiger partial charge on any atom is 0.233 e. The molecular formula is C19H27N3O3. The second-order valence-corrected chi connectivity index (χ2v) is 6.97. The highest BCUT2D eigenvalue weighted by Crippen LogP contribution is 2.19. The van der Waals surface area contributed by atoms with Gasteiger partial charge in [-0.25, -0.2) is 0 Å². The highest BCUT2D eigenvalue weighted by atomic mass is 16.5. The zero-order chi connectivity index (χ0) is 17.6. The van der Waals surface area contributed by atoms with Crippen LogP contribution in [0.1, 0.15) is 31.2 Å². The van der Waals surface area contributed by atoms with Crippen LogP contribution >= 0.6 is 0 Å². The van der Waals surface area contributed by atoms with Crippen LogP contribution in [0, 0.1) is 6.92 Å². The fraction of sp³-hybridized carbons (Fsp3) is 0.579. The van der Waals surface area contributed by atoms with E-state index < -0.39 is 0 Å². The molecule has 2 amide bonds. The van der Waals surface area contributed by atoms with E-state index in [4.69, 9.17) is 4.74 Å². The largest absolute Gasteiger partial charge is 0.378 e. The molecule has 2 saturated heterocycles. The third-order valence-corrected chi connectivity index (χ3v) is 4.91. The highest BCUT2D eigenvalue weighted by Gasteiger charge is 2.34. The van der Waals surface area contributed by atoms with Crippen LogP contribution in [0.25, 0.3) is 0 Å². The predicted octanol–water partition coefficient (Wildman–Crippen LogP) is 1.69. The number of hydrogen-bond acceptors (Lipinski definition) is 4. The molecule has 2 aliphatic heterocycles. The van der Waals surface area contributed by atoms with Gasteiger partial charge in [0.25, 0.3) is 0 Å². The van der Waals surface area contributed by atoms with Crippen molar-refractivity contribution in [1.82, 2.24) is 10.2 Å². The smallest absolute Gasteiger partial charge is 0.233 e. The summed E-state index contributed by atoms with van der Waals surface area (Å²) in [6.45, 7) is 5.29. The van der Waals surface area contributed by atoms with Gasteiger partial charge in [-0.15, -0.1) is 0 Å². The van der Waals surface area contributed by atoms with Gasteiger partial charge in [-0.2, -0.15) is 0 Å². The molecule has 2 N–H and O–H groups in total. The summed E-state index contributed by atoms with van der Waals surface area (Å²) >= 11 is 0. The van der Waals surface area contributed by atoms with Crippen molar-refractivity contribution in [2.45, 2.75) is 44.7 Å². The predicted molar refractivity (Wildman–Crippen MR) is 96.4 cm³/mol. The molecule has 3 rings (SSSR count). The number of likely N-dealkylation sites (tertiary alicyclic amines) is 1. The molecule has 2 atom stereocenters. The number of rotatable bonds is 5. The lowest BCUT2D eigenvalue weighted by Gasteiger charge is -2.34. The molecule has 2 aliphatic rings. The number of ether oxygens (including phenoxy) is 1. The Labute approximate surface area is 148 Å². The van der Waals surface area contributed by atoms with Crippen molar-refractivity contribution in [3.63, 3.8) is 0 Å². The lowest BCUT2D eigenvalue weighted by Crippen LogP contribution is -2.52. The minimum atomic E-state index is -0.296. The summed E-state index contributed by atoms with van der Waals surface area (Å²) in [6, 6.07) is 7.72. The molecule has 0 aliphatic carbocycles. The van der Waals surface area contributed by atoms with Gasteiger partial charge in [0.05, 0.1) is 25.3 Å². The number of nitrogens with one attached hydrogen (secondary N) is 2. The van der Waals surface area contributed by atoms with Crippen LogP contribution in [0.5, 0.6) is 0 Å². The molecule has 6 nitrogen and oxygen atoms in total. The molecular weight excluding hydrogens is 318 g/mol. The van der Waals surface area contributed by atoms with Gasteiger partial charge in [0.2, 0.25) is 11.8 Å². The lowest BCUT2D eigenvalue weighted by molar-refractivity contribution is -0.127. The first-order chi connectivity index (χ1) is 12.1. The third-order valence-electron chi connectivity index (χ3n) is 4.91. The molecule has 0 unspecified atom stereocenters. The van der Waals surface area contributed by atoms with Crippen molar-refractivity contribution in [3.8, 4) is 0 Å². The van der Waals surface area contributed by atoms with Gasteiger partial charge in [0.15, 0.2) is 0 Å². The molecule has 0 radical (unpaired) electrons. The highest BCUT2D eigenvalue weighted by molar-refractivity contribution is 6.03. The Bertz CT molecular complexity index is 596. The van der Waals surface area contributed by atoms with E-state index in [0.29, 0.717) is 18.9 Å². The summed E-state index contributed by atoms with van der Waals surface area (Å²) < 4.78 is 5.58. The average Bonchev–Trinajstić information content (AvgIpc) is 3.05. The quantitative estimate of drug-likeness (QED) is 0.797. The number of carbonyl (C=O) groups excluding carboxylic acids is 2. The third kappa shape index (κ3) is 5.03. The molecule has 2 fully saturated rings. The number of amides is 2. The van der Waals surface area contributed by atoms with Gasteiger partial charge in [0.1, 0.15) is 6.42 Å². The average molecular weight is 345 g/mol. The van der Waals surface area contributed by atoms with Crippen molar-refractivity contribution in [3.05, 3.63) is 29.8 Å². The van der Waals surface area contributed by atoms with E-state index in [-0.39, 0.29) is 30.3 Å². The van der Waals surface area contributed by atoms with Crippen molar-refractivity contribution in [1.29, 1.82) is 0 Å². The molecule has 0 spiro atoms. The molecule has 1 aromatic carbocycles. The number of nitrogens with zero attached hydrogens (tertiary/aromatic N) is 1. The van der Waals surface area contributed by atoms with Crippen LogP contribution in [0.2, 0.25) is 0 Å². The standard InChI is InChI=1S/C19H27N3O3/c1-14-5-7-15(8-6-14)20-18(23)11-19(24)21-16-12-25-13-17(16)22-9-3-2-4-10-22/h5-8,16-17H,2-4,9-13H2,1H3,(H,20,23)(H,21,24)/t16-,17-/m1/s1. The van der Waals surface area contributed by atoms with Crippen LogP contribution < -0.4 is 10.6 Å². The van der Waals surface area contributed by atoms with Crippen LogP contribution in [0.3, 0.4) is 0 Å². The van der Waals surface area contributed by atoms with Gasteiger partial charge in [0, 0.05) is 5.69 Å². The van der Waals surface area contributed by atoms with Crippen molar-refractivity contribution in [2.24, 2.45) is 0 Å². The van der Waals surface area contributed by atoms with E-state index in [1.807, 2.05) is 31.2 Å². The maximum absolute atomic E-state index is 12.2. The molecule has 25 heavy (non-hydrogen) atoms. The summed E-state index contributed by atoms with van der Waals surface area (Å²) in [5, 5.41) is 5.74. The summed E-state index contributed by atoms with van der Waals surface area (Å²) in [4.78, 5) is 26.7. The molecule has 0 bridgehead atoms. The van der Waals surface area contributed by atoms with E-state index in [2.05, 4.69) is 15.5 Å². The van der Waals surface area contributed by atoms with Crippen molar-refractivity contribution in [2.75, 3.05) is 31.6 Å². The first kappa shape index (κ1) is 17.9. The number of carbonyl (C=O) groups is 2. The Kier molecular flexibility index (Phi) is 6.04. The number of benzene rings is 1. The first-order valence-corrected chi connectivity index (χ1v) is 9.09. The first-order valence-electron chi connectivity index (χ1n) is 9.09. The van der Waals surface area contributed by atoms with E-state index in [1.54, 1.807) is 0 Å². The molecule has 2 heterocycles. The fourth-order valence-electron chi connectivity index (χ4n) is 3.54. The Morgan fingerprint density at radius 3 is 2.52 bits per heavy atom. The summed E-state index contributed by atoms with van der Waals surface area (Å²) in [5.74, 6) is -0.545. The number of hydrogen-bond donors (Lipinski definition) is 2. The van der Waals surface area contributed by atoms with Crippen molar-refractivity contribution < 1.29 is 14.3 Å². The zero-order valence-electron chi connectivity index (χ0n) is 14.8. The Hall–Kier alpha value is -1.92.